The SMILES string of the molecule is Cc1cccc(C(Br)c2cc(Cl)c(Br)cc2F)c1Br. The van der Waals surface area contributed by atoms with Gasteiger partial charge >= 0.3 is 0 Å². The second-order valence-electron chi connectivity index (χ2n) is 4.13. The number of hydrogen-bond donors (Lipinski definition) is 0. The van der Waals surface area contributed by atoms with E-state index in [9.17, 15) is 4.39 Å². The van der Waals surface area contributed by atoms with Crippen LogP contribution >= 0.6 is 59.4 Å². The molecule has 0 aliphatic carbocycles. The molecule has 2 aromatic carbocycles. The molecule has 5 heteroatoms. The van der Waals surface area contributed by atoms with Gasteiger partial charge in [0.15, 0.2) is 0 Å². The molecule has 0 nitrogen and oxygen atoms in total. The molecule has 0 saturated carbocycles. The molecular formula is C14H9Br3ClF. The molecular weight excluding hydrogens is 462 g/mol. The largest absolute Gasteiger partial charge is 0.207 e. The first kappa shape index (κ1) is 15.5. The van der Waals surface area contributed by atoms with E-state index in [1.807, 2.05) is 25.1 Å². The Balaban J connectivity index is 2.53. The predicted molar refractivity (Wildman–Crippen MR) is 88.8 cm³/mol. The monoisotopic (exact) mass is 468 g/mol. The summed E-state index contributed by atoms with van der Waals surface area (Å²) < 4.78 is 15.6. The topological polar surface area (TPSA) is 0 Å². The minimum atomic E-state index is -0.299. The van der Waals surface area contributed by atoms with Gasteiger partial charge < -0.3 is 0 Å². The Kier molecular flexibility index (Phi) is 5.09. The van der Waals surface area contributed by atoms with Crippen molar-refractivity contribution in [1.82, 2.24) is 0 Å². The van der Waals surface area contributed by atoms with Crippen molar-refractivity contribution in [3.8, 4) is 0 Å². The molecule has 100 valence electrons. The summed E-state index contributed by atoms with van der Waals surface area (Å²) in [5.41, 5.74) is 2.59. The number of rotatable bonds is 2. The average Bonchev–Trinajstić information content (AvgIpc) is 2.36. The van der Waals surface area contributed by atoms with Gasteiger partial charge in [0.05, 0.1) is 9.85 Å². The number of aryl methyl sites for hydroxylation is 1. The minimum absolute atomic E-state index is 0.257. The molecule has 0 radical (unpaired) electrons. The standard InChI is InChI=1S/C14H9Br3ClF/c1-7-3-2-4-8(13(7)16)14(17)9-5-11(18)10(15)6-12(9)19/h2-6,14H,1H3. The molecule has 0 N–H and O–H groups in total. The Morgan fingerprint density at radius 1 is 1.16 bits per heavy atom. The fourth-order valence-corrected chi connectivity index (χ4v) is 3.79. The summed E-state index contributed by atoms with van der Waals surface area (Å²) in [5, 5.41) is 0.490. The van der Waals surface area contributed by atoms with E-state index in [-0.39, 0.29) is 10.6 Å². The van der Waals surface area contributed by atoms with Gasteiger partial charge in [-0.3, -0.25) is 0 Å². The first-order chi connectivity index (χ1) is 8.91. The lowest BCUT2D eigenvalue weighted by molar-refractivity contribution is 0.612. The Hall–Kier alpha value is 0.1000. The third-order valence-electron chi connectivity index (χ3n) is 2.81. The molecule has 19 heavy (non-hydrogen) atoms. The molecule has 2 rings (SSSR count). The summed E-state index contributed by atoms with van der Waals surface area (Å²) in [6.45, 7) is 2.00. The minimum Gasteiger partial charge on any atom is -0.207 e. The van der Waals surface area contributed by atoms with E-state index in [2.05, 4.69) is 47.8 Å². The molecule has 2 aromatic rings. The van der Waals surface area contributed by atoms with Crippen LogP contribution in [0.25, 0.3) is 0 Å². The van der Waals surface area contributed by atoms with E-state index in [0.29, 0.717) is 15.1 Å². The van der Waals surface area contributed by atoms with Gasteiger partial charge in [-0.2, -0.15) is 0 Å². The van der Waals surface area contributed by atoms with Crippen molar-refractivity contribution in [2.24, 2.45) is 0 Å². The van der Waals surface area contributed by atoms with Gasteiger partial charge in [-0.1, -0.05) is 61.7 Å². The van der Waals surface area contributed by atoms with E-state index in [1.54, 1.807) is 6.07 Å². The summed E-state index contributed by atoms with van der Waals surface area (Å²) in [5.74, 6) is -0.299. The van der Waals surface area contributed by atoms with Crippen molar-refractivity contribution >= 4 is 59.4 Å². The van der Waals surface area contributed by atoms with E-state index < -0.39 is 0 Å². The molecule has 0 saturated heterocycles. The maximum absolute atomic E-state index is 14.1. The second-order valence-corrected chi connectivity index (χ2v) is 7.10. The quantitative estimate of drug-likeness (QED) is 0.334. The molecule has 1 unspecified atom stereocenters. The fraction of sp³-hybridized carbons (Fsp3) is 0.143. The highest BCUT2D eigenvalue weighted by Gasteiger charge is 2.19. The first-order valence-electron chi connectivity index (χ1n) is 5.45. The lowest BCUT2D eigenvalue weighted by atomic mass is 10.0. The van der Waals surface area contributed by atoms with Gasteiger partial charge in [0.2, 0.25) is 0 Å². The first-order valence-corrected chi connectivity index (χ1v) is 8.33. The van der Waals surface area contributed by atoms with Gasteiger partial charge in [-0.15, -0.1) is 0 Å². The summed E-state index contributed by atoms with van der Waals surface area (Å²) in [7, 11) is 0. The highest BCUT2D eigenvalue weighted by atomic mass is 79.9. The second kappa shape index (κ2) is 6.25. The third kappa shape index (κ3) is 3.23. The summed E-state index contributed by atoms with van der Waals surface area (Å²) in [6, 6.07) is 8.91. The van der Waals surface area contributed by atoms with E-state index in [1.165, 1.54) is 6.07 Å². The van der Waals surface area contributed by atoms with Crippen LogP contribution in [-0.4, -0.2) is 0 Å². The normalized spacial score (nSPS) is 12.5. The molecule has 0 fully saturated rings. The predicted octanol–water partition coefficient (Wildman–Crippen LogP) is 6.80. The van der Waals surface area contributed by atoms with E-state index in [0.717, 1.165) is 15.6 Å². The Bertz CT molecular complexity index is 628. The summed E-state index contributed by atoms with van der Waals surface area (Å²) in [6.07, 6.45) is 0. The van der Waals surface area contributed by atoms with Crippen LogP contribution in [0.2, 0.25) is 5.02 Å². The van der Waals surface area contributed by atoms with E-state index >= 15 is 0 Å². The van der Waals surface area contributed by atoms with Crippen LogP contribution in [0.15, 0.2) is 39.3 Å². The molecule has 0 heterocycles. The van der Waals surface area contributed by atoms with Gasteiger partial charge in [0.25, 0.3) is 0 Å². The third-order valence-corrected chi connectivity index (χ3v) is 6.07. The van der Waals surface area contributed by atoms with Crippen LogP contribution < -0.4 is 0 Å². The van der Waals surface area contributed by atoms with Gasteiger partial charge in [0.1, 0.15) is 5.82 Å². The van der Waals surface area contributed by atoms with Crippen LogP contribution in [0, 0.1) is 12.7 Å². The molecule has 0 aliphatic rings. The lowest BCUT2D eigenvalue weighted by Crippen LogP contribution is -1.99. The fourth-order valence-electron chi connectivity index (χ4n) is 1.77. The zero-order chi connectivity index (χ0) is 14.2. The zero-order valence-corrected chi connectivity index (χ0v) is 15.4. The molecule has 0 aliphatic heterocycles. The Labute approximate surface area is 141 Å². The number of hydrogen-bond acceptors (Lipinski definition) is 0. The molecule has 0 amide bonds. The molecule has 0 aromatic heterocycles. The highest BCUT2D eigenvalue weighted by Crippen LogP contribution is 2.39. The van der Waals surface area contributed by atoms with Crippen LogP contribution in [0.3, 0.4) is 0 Å². The van der Waals surface area contributed by atoms with Gasteiger partial charge in [-0.25, -0.2) is 4.39 Å². The zero-order valence-electron chi connectivity index (χ0n) is 9.85. The Morgan fingerprint density at radius 2 is 1.84 bits per heavy atom. The maximum atomic E-state index is 14.1. The summed E-state index contributed by atoms with van der Waals surface area (Å²) >= 11 is 16.3. The van der Waals surface area contributed by atoms with Crippen LogP contribution in [0.4, 0.5) is 4.39 Å². The lowest BCUT2D eigenvalue weighted by Gasteiger charge is -2.15. The van der Waals surface area contributed by atoms with Crippen molar-refractivity contribution in [1.29, 1.82) is 0 Å². The van der Waals surface area contributed by atoms with Crippen molar-refractivity contribution in [2.45, 2.75) is 11.8 Å². The van der Waals surface area contributed by atoms with Crippen LogP contribution in [0.5, 0.6) is 0 Å². The molecule has 0 spiro atoms. The van der Waals surface area contributed by atoms with Crippen molar-refractivity contribution in [3.05, 3.63) is 66.8 Å². The highest BCUT2D eigenvalue weighted by molar-refractivity contribution is 9.11. The molecule has 1 atom stereocenters. The van der Waals surface area contributed by atoms with Crippen molar-refractivity contribution < 1.29 is 4.39 Å². The average molecular weight is 471 g/mol. The van der Waals surface area contributed by atoms with Gasteiger partial charge in [-0.05, 0) is 46.1 Å². The van der Waals surface area contributed by atoms with Crippen LogP contribution in [-0.2, 0) is 0 Å². The number of benzene rings is 2. The summed E-state index contributed by atoms with van der Waals surface area (Å²) in [4.78, 5) is -0.257. The van der Waals surface area contributed by atoms with Gasteiger partial charge in [0, 0.05) is 14.5 Å². The Morgan fingerprint density at radius 3 is 2.53 bits per heavy atom. The number of halogens is 5. The number of alkyl halides is 1. The molecule has 0 bridgehead atoms. The maximum Gasteiger partial charge on any atom is 0.129 e. The van der Waals surface area contributed by atoms with Crippen molar-refractivity contribution in [3.63, 3.8) is 0 Å². The van der Waals surface area contributed by atoms with Crippen molar-refractivity contribution in [2.75, 3.05) is 0 Å². The van der Waals surface area contributed by atoms with E-state index in [4.69, 9.17) is 11.6 Å². The van der Waals surface area contributed by atoms with Crippen LogP contribution in [0.1, 0.15) is 21.5 Å². The smallest absolute Gasteiger partial charge is 0.129 e.